The first-order chi connectivity index (χ1) is 25.8. The number of hydrogen-bond acceptors (Lipinski definition) is 2. The van der Waals surface area contributed by atoms with Gasteiger partial charge in [0.2, 0.25) is 0 Å². The molecule has 0 aliphatic carbocycles. The van der Waals surface area contributed by atoms with E-state index in [0.29, 0.717) is 0 Å². The molecular formula is C48H28N2O2. The van der Waals surface area contributed by atoms with Gasteiger partial charge in [0.15, 0.2) is 5.58 Å². The van der Waals surface area contributed by atoms with Crippen LogP contribution in [0.5, 0.6) is 0 Å². The second kappa shape index (κ2) is 10.3. The highest BCUT2D eigenvalue weighted by Gasteiger charge is 2.25. The highest BCUT2D eigenvalue weighted by atomic mass is 16.3. The van der Waals surface area contributed by atoms with Gasteiger partial charge in [0.05, 0.1) is 27.8 Å². The second-order valence-corrected chi connectivity index (χ2v) is 13.6. The molecule has 0 saturated carbocycles. The van der Waals surface area contributed by atoms with Gasteiger partial charge in [0.25, 0.3) is 0 Å². The second-order valence-electron chi connectivity index (χ2n) is 13.6. The van der Waals surface area contributed by atoms with Gasteiger partial charge in [-0.25, -0.2) is 0 Å². The Morgan fingerprint density at radius 1 is 0.308 bits per heavy atom. The van der Waals surface area contributed by atoms with E-state index >= 15 is 0 Å². The molecule has 0 fully saturated rings. The minimum absolute atomic E-state index is 0.877. The molecule has 4 nitrogen and oxygen atoms in total. The lowest BCUT2D eigenvalue weighted by molar-refractivity contribution is 0.666. The summed E-state index contributed by atoms with van der Waals surface area (Å²) in [7, 11) is 0. The Hall–Kier alpha value is -7.04. The third kappa shape index (κ3) is 3.60. The van der Waals surface area contributed by atoms with Crippen molar-refractivity contribution in [1.29, 1.82) is 0 Å². The molecule has 12 rings (SSSR count). The van der Waals surface area contributed by atoms with Crippen LogP contribution >= 0.6 is 0 Å². The smallest absolute Gasteiger partial charge is 0.159 e. The van der Waals surface area contributed by atoms with E-state index in [0.717, 1.165) is 71.8 Å². The maximum Gasteiger partial charge on any atom is 0.159 e. The lowest BCUT2D eigenvalue weighted by Crippen LogP contribution is -1.95. The Bertz CT molecular complexity index is 3410. The Balaban J connectivity index is 1.32. The highest BCUT2D eigenvalue weighted by Crippen LogP contribution is 2.48. The van der Waals surface area contributed by atoms with E-state index < -0.39 is 0 Å². The van der Waals surface area contributed by atoms with Gasteiger partial charge in [-0.15, -0.1) is 0 Å². The van der Waals surface area contributed by atoms with Gasteiger partial charge in [-0.1, -0.05) is 109 Å². The highest BCUT2D eigenvalue weighted by molar-refractivity contribution is 6.32. The van der Waals surface area contributed by atoms with Crippen molar-refractivity contribution in [1.82, 2.24) is 9.13 Å². The first-order valence-electron chi connectivity index (χ1n) is 17.7. The van der Waals surface area contributed by atoms with E-state index in [1.54, 1.807) is 0 Å². The molecule has 4 heterocycles. The average molecular weight is 665 g/mol. The van der Waals surface area contributed by atoms with Crippen LogP contribution in [-0.2, 0) is 0 Å². The molecule has 4 aromatic heterocycles. The maximum atomic E-state index is 6.70. The molecular weight excluding hydrogens is 637 g/mol. The van der Waals surface area contributed by atoms with Crippen molar-refractivity contribution in [2.45, 2.75) is 0 Å². The Labute approximate surface area is 296 Å². The molecule has 0 spiro atoms. The fourth-order valence-electron chi connectivity index (χ4n) is 8.85. The first kappa shape index (κ1) is 27.7. The maximum absolute atomic E-state index is 6.70. The number of benzene rings is 8. The summed E-state index contributed by atoms with van der Waals surface area (Å²) >= 11 is 0. The van der Waals surface area contributed by atoms with Crippen LogP contribution in [-0.4, -0.2) is 9.13 Å². The van der Waals surface area contributed by atoms with Gasteiger partial charge in [-0.2, -0.15) is 0 Å². The molecule has 52 heavy (non-hydrogen) atoms. The number of para-hydroxylation sites is 5. The van der Waals surface area contributed by atoms with Crippen molar-refractivity contribution in [3.05, 3.63) is 170 Å². The summed E-state index contributed by atoms with van der Waals surface area (Å²) in [6.07, 6.45) is 0. The van der Waals surface area contributed by atoms with Gasteiger partial charge < -0.3 is 18.0 Å². The van der Waals surface area contributed by atoms with Crippen molar-refractivity contribution in [3.8, 4) is 22.5 Å². The van der Waals surface area contributed by atoms with E-state index in [1.807, 2.05) is 12.1 Å². The molecule has 0 amide bonds. The van der Waals surface area contributed by atoms with Crippen LogP contribution in [0.2, 0.25) is 0 Å². The molecule has 0 bridgehead atoms. The number of hydrogen-bond donors (Lipinski definition) is 0. The molecule has 0 N–H and O–H groups in total. The third-order valence-corrected chi connectivity index (χ3v) is 10.9. The lowest BCUT2D eigenvalue weighted by atomic mass is 9.94. The Morgan fingerprint density at radius 2 is 0.885 bits per heavy atom. The fourth-order valence-corrected chi connectivity index (χ4v) is 8.85. The van der Waals surface area contributed by atoms with Crippen molar-refractivity contribution in [2.75, 3.05) is 0 Å². The van der Waals surface area contributed by atoms with Crippen molar-refractivity contribution < 1.29 is 8.83 Å². The molecule has 4 heteroatoms. The van der Waals surface area contributed by atoms with Crippen LogP contribution in [0.3, 0.4) is 0 Å². The summed E-state index contributed by atoms with van der Waals surface area (Å²) in [4.78, 5) is 0. The summed E-state index contributed by atoms with van der Waals surface area (Å²) in [5, 5.41) is 9.33. The van der Waals surface area contributed by atoms with Crippen molar-refractivity contribution >= 4 is 87.5 Å². The van der Waals surface area contributed by atoms with Gasteiger partial charge >= 0.3 is 0 Å². The first-order valence-corrected chi connectivity index (χ1v) is 17.7. The number of nitrogens with zero attached hydrogens (tertiary/aromatic N) is 2. The van der Waals surface area contributed by atoms with E-state index in [-0.39, 0.29) is 0 Å². The van der Waals surface area contributed by atoms with E-state index in [2.05, 4.69) is 167 Å². The van der Waals surface area contributed by atoms with Crippen molar-refractivity contribution in [3.63, 3.8) is 0 Å². The topological polar surface area (TPSA) is 36.1 Å². The quantitative estimate of drug-likeness (QED) is 0.188. The van der Waals surface area contributed by atoms with Crippen LogP contribution in [0.25, 0.3) is 110 Å². The zero-order chi connectivity index (χ0) is 33.9. The van der Waals surface area contributed by atoms with Crippen LogP contribution in [0.1, 0.15) is 0 Å². The number of aromatic nitrogens is 2. The predicted molar refractivity (Wildman–Crippen MR) is 215 cm³/mol. The van der Waals surface area contributed by atoms with Crippen LogP contribution in [0.15, 0.2) is 179 Å². The molecule has 0 unspecified atom stereocenters. The summed E-state index contributed by atoms with van der Waals surface area (Å²) < 4.78 is 17.9. The Morgan fingerprint density at radius 3 is 1.73 bits per heavy atom. The normalized spacial score (nSPS) is 12.2. The fraction of sp³-hybridized carbons (Fsp3) is 0. The van der Waals surface area contributed by atoms with Gasteiger partial charge in [-0.3, -0.25) is 0 Å². The zero-order valence-corrected chi connectivity index (χ0v) is 27.9. The average Bonchev–Trinajstić information content (AvgIpc) is 3.95. The lowest BCUT2D eigenvalue weighted by Gasteiger charge is -2.10. The molecule has 0 atom stereocenters. The number of furan rings is 2. The number of rotatable bonds is 3. The van der Waals surface area contributed by atoms with E-state index in [4.69, 9.17) is 8.83 Å². The minimum atomic E-state index is 0.877. The zero-order valence-electron chi connectivity index (χ0n) is 27.9. The monoisotopic (exact) mass is 664 g/mol. The molecule has 0 aliphatic rings. The summed E-state index contributed by atoms with van der Waals surface area (Å²) in [6, 6.07) is 60.4. The molecule has 0 aliphatic heterocycles. The summed E-state index contributed by atoms with van der Waals surface area (Å²) in [5.41, 5.74) is 12.6. The van der Waals surface area contributed by atoms with E-state index in [1.165, 1.54) is 38.1 Å². The summed E-state index contributed by atoms with van der Waals surface area (Å²) in [6.45, 7) is 0. The van der Waals surface area contributed by atoms with Gasteiger partial charge in [-0.05, 0) is 71.8 Å². The third-order valence-electron chi connectivity index (χ3n) is 10.9. The van der Waals surface area contributed by atoms with Crippen LogP contribution in [0.4, 0.5) is 0 Å². The van der Waals surface area contributed by atoms with E-state index in [9.17, 15) is 0 Å². The minimum Gasteiger partial charge on any atom is -0.456 e. The number of fused-ring (bicyclic) bond motifs is 13. The van der Waals surface area contributed by atoms with Gasteiger partial charge in [0.1, 0.15) is 16.7 Å². The molecule has 0 radical (unpaired) electrons. The predicted octanol–water partition coefficient (Wildman–Crippen LogP) is 13.3. The van der Waals surface area contributed by atoms with Crippen LogP contribution in [0, 0.1) is 0 Å². The summed E-state index contributed by atoms with van der Waals surface area (Å²) in [5.74, 6) is 0. The molecule has 242 valence electrons. The van der Waals surface area contributed by atoms with Crippen LogP contribution < -0.4 is 0 Å². The van der Waals surface area contributed by atoms with Gasteiger partial charge in [0, 0.05) is 48.8 Å². The van der Waals surface area contributed by atoms with Crippen molar-refractivity contribution in [2.24, 2.45) is 0 Å². The molecule has 8 aromatic carbocycles. The Kier molecular flexibility index (Phi) is 5.47. The molecule has 0 saturated heterocycles. The standard InChI is InChI=1S/C48H28N2O2/c1-2-13-29(14-3-1)49-36-21-7-4-16-34(36)46-38(49)27-28-39-47(46)45-32(31-19-12-26-43-44(31)35-17-6-9-25-42(35)51-43)18-10-22-37(45)50(39)40-23-11-20-33-30-15-5-8-24-41(30)52-48(33)40/h1-28H. The SMILES string of the molecule is c1ccc(-n2c3ccccc3c3c4c5c(-c6cccc7oc8ccccc8c67)cccc5n(-c5cccc6c5oc5ccccc56)c4ccc32)cc1. The molecule has 12 aromatic rings. The largest absolute Gasteiger partial charge is 0.456 e.